The molecule has 0 aliphatic heterocycles. The Balaban J connectivity index is 1.94. The van der Waals surface area contributed by atoms with Crippen molar-refractivity contribution in [3.63, 3.8) is 0 Å². The van der Waals surface area contributed by atoms with Gasteiger partial charge in [0.25, 0.3) is 0 Å². The number of aliphatic carboxylic acids is 1. The quantitative estimate of drug-likeness (QED) is 0.873. The first-order valence-electron chi connectivity index (χ1n) is 6.68. The number of carboxylic acid groups (broad SMARTS) is 1. The molecule has 104 valence electrons. The van der Waals surface area contributed by atoms with Crippen molar-refractivity contribution < 1.29 is 9.90 Å². The lowest BCUT2D eigenvalue weighted by Crippen LogP contribution is -1.99. The Morgan fingerprint density at radius 1 is 1.43 bits per heavy atom. The number of rotatable bonds is 4. The van der Waals surface area contributed by atoms with Crippen LogP contribution in [0.15, 0.2) is 36.5 Å². The van der Waals surface area contributed by atoms with Gasteiger partial charge in [0.05, 0.1) is 16.9 Å². The summed E-state index contributed by atoms with van der Waals surface area (Å²) in [7, 11) is 0. The zero-order chi connectivity index (χ0) is 14.8. The highest BCUT2D eigenvalue weighted by Gasteiger charge is 2.26. The fourth-order valence-corrected chi connectivity index (χ4v) is 2.18. The van der Waals surface area contributed by atoms with Gasteiger partial charge in [0.2, 0.25) is 0 Å². The fourth-order valence-electron chi connectivity index (χ4n) is 2.18. The van der Waals surface area contributed by atoms with E-state index in [1.165, 1.54) is 18.9 Å². The lowest BCUT2D eigenvalue weighted by Gasteiger charge is -2.05. The minimum absolute atomic E-state index is 0.466. The summed E-state index contributed by atoms with van der Waals surface area (Å²) in [5.74, 6) is -0.451. The van der Waals surface area contributed by atoms with Crippen molar-refractivity contribution in [1.82, 2.24) is 9.78 Å². The van der Waals surface area contributed by atoms with Crippen LogP contribution in [0.5, 0.6) is 0 Å². The number of carboxylic acids is 1. The van der Waals surface area contributed by atoms with E-state index in [0.29, 0.717) is 22.7 Å². The number of aromatic nitrogens is 2. The summed E-state index contributed by atoms with van der Waals surface area (Å²) in [6.07, 6.45) is 6.74. The number of nitrogens with zero attached hydrogens (tertiary/aromatic N) is 3. The molecule has 0 amide bonds. The minimum atomic E-state index is -1.02. The molecule has 1 heterocycles. The molecule has 0 bridgehead atoms. The van der Waals surface area contributed by atoms with E-state index in [0.717, 1.165) is 11.8 Å². The van der Waals surface area contributed by atoms with E-state index in [9.17, 15) is 10.1 Å². The predicted octanol–water partition coefficient (Wildman–Crippen LogP) is 2.72. The van der Waals surface area contributed by atoms with Gasteiger partial charge in [0.15, 0.2) is 0 Å². The molecule has 1 aromatic carbocycles. The van der Waals surface area contributed by atoms with Crippen molar-refractivity contribution in [3.8, 4) is 11.8 Å². The molecule has 1 aliphatic rings. The van der Waals surface area contributed by atoms with E-state index in [-0.39, 0.29) is 0 Å². The first-order chi connectivity index (χ1) is 10.2. The van der Waals surface area contributed by atoms with Gasteiger partial charge < -0.3 is 5.11 Å². The fraction of sp³-hybridized carbons (Fsp3) is 0.188. The van der Waals surface area contributed by atoms with Crippen LogP contribution in [0.2, 0.25) is 0 Å². The van der Waals surface area contributed by atoms with Crippen LogP contribution in [-0.2, 0) is 4.79 Å². The Kier molecular flexibility index (Phi) is 3.28. The molecule has 5 nitrogen and oxygen atoms in total. The molecular weight excluding hydrogens is 266 g/mol. The van der Waals surface area contributed by atoms with Crippen LogP contribution in [0.4, 0.5) is 0 Å². The van der Waals surface area contributed by atoms with Gasteiger partial charge in [-0.2, -0.15) is 10.4 Å². The van der Waals surface area contributed by atoms with Gasteiger partial charge in [-0.1, -0.05) is 6.07 Å². The zero-order valence-corrected chi connectivity index (χ0v) is 11.2. The van der Waals surface area contributed by atoms with Gasteiger partial charge in [-0.15, -0.1) is 0 Å². The molecule has 0 radical (unpaired) electrons. The van der Waals surface area contributed by atoms with E-state index < -0.39 is 5.97 Å². The first kappa shape index (κ1) is 13.1. The van der Waals surface area contributed by atoms with E-state index >= 15 is 0 Å². The van der Waals surface area contributed by atoms with E-state index in [2.05, 4.69) is 11.2 Å². The molecule has 2 aromatic rings. The smallest absolute Gasteiger partial charge is 0.328 e. The largest absolute Gasteiger partial charge is 0.478 e. The third kappa shape index (κ3) is 2.84. The van der Waals surface area contributed by atoms with Gasteiger partial charge in [-0.3, -0.25) is 0 Å². The zero-order valence-electron chi connectivity index (χ0n) is 11.2. The molecule has 0 spiro atoms. The van der Waals surface area contributed by atoms with E-state index in [1.807, 2.05) is 12.3 Å². The molecule has 0 saturated heterocycles. The molecule has 1 fully saturated rings. The number of nitriles is 1. The summed E-state index contributed by atoms with van der Waals surface area (Å²) in [4.78, 5) is 10.5. The molecular formula is C16H13N3O2. The van der Waals surface area contributed by atoms with Gasteiger partial charge in [-0.05, 0) is 42.7 Å². The van der Waals surface area contributed by atoms with Crippen molar-refractivity contribution in [2.24, 2.45) is 0 Å². The maximum absolute atomic E-state index is 10.5. The van der Waals surface area contributed by atoms with Crippen molar-refractivity contribution in [3.05, 3.63) is 53.4 Å². The van der Waals surface area contributed by atoms with Crippen molar-refractivity contribution in [2.75, 3.05) is 0 Å². The average Bonchev–Trinajstić information content (AvgIpc) is 3.22. The maximum atomic E-state index is 10.5. The highest BCUT2D eigenvalue weighted by atomic mass is 16.4. The Morgan fingerprint density at radius 2 is 2.24 bits per heavy atom. The number of benzene rings is 1. The second-order valence-corrected chi connectivity index (χ2v) is 5.02. The van der Waals surface area contributed by atoms with Crippen LogP contribution in [0, 0.1) is 11.3 Å². The van der Waals surface area contributed by atoms with Gasteiger partial charge in [0, 0.05) is 18.2 Å². The summed E-state index contributed by atoms with van der Waals surface area (Å²) in [5.41, 5.74) is 2.91. The maximum Gasteiger partial charge on any atom is 0.328 e. The van der Waals surface area contributed by atoms with Gasteiger partial charge >= 0.3 is 5.97 Å². The lowest BCUT2D eigenvalue weighted by atomic mass is 10.1. The van der Waals surface area contributed by atoms with Gasteiger partial charge in [-0.25, -0.2) is 9.48 Å². The van der Waals surface area contributed by atoms with Crippen LogP contribution < -0.4 is 0 Å². The highest BCUT2D eigenvalue weighted by Crippen LogP contribution is 2.39. The minimum Gasteiger partial charge on any atom is -0.478 e. The number of carbonyl (C=O) groups is 1. The van der Waals surface area contributed by atoms with Crippen LogP contribution in [0.3, 0.4) is 0 Å². The standard InChI is InChI=1S/C16H13N3O2/c17-10-13-9-11(2-6-16(20)21)1-5-15(13)19-8-7-14(18-19)12-3-4-12/h1-2,5-9,12H,3-4H2,(H,20,21)/b6-2+. The SMILES string of the molecule is N#Cc1cc(/C=C/C(=O)O)ccc1-n1ccc(C2CC2)n1. The second kappa shape index (κ2) is 5.25. The molecule has 21 heavy (non-hydrogen) atoms. The third-order valence-corrected chi connectivity index (χ3v) is 3.41. The third-order valence-electron chi connectivity index (χ3n) is 3.41. The summed E-state index contributed by atoms with van der Waals surface area (Å²) < 4.78 is 1.71. The molecule has 5 heteroatoms. The average molecular weight is 279 g/mol. The Morgan fingerprint density at radius 3 is 2.90 bits per heavy atom. The highest BCUT2D eigenvalue weighted by molar-refractivity contribution is 5.85. The number of hydrogen-bond acceptors (Lipinski definition) is 3. The molecule has 1 aliphatic carbocycles. The summed E-state index contributed by atoms with van der Waals surface area (Å²) in [6, 6.07) is 9.33. The summed E-state index contributed by atoms with van der Waals surface area (Å²) in [6.45, 7) is 0. The Hall–Kier alpha value is -2.87. The van der Waals surface area contributed by atoms with Gasteiger partial charge in [0.1, 0.15) is 6.07 Å². The second-order valence-electron chi connectivity index (χ2n) is 5.02. The molecule has 1 aromatic heterocycles. The number of hydrogen-bond donors (Lipinski definition) is 1. The molecule has 1 N–H and O–H groups in total. The molecule has 3 rings (SSSR count). The summed E-state index contributed by atoms with van der Waals surface area (Å²) >= 11 is 0. The van der Waals surface area contributed by atoms with Crippen LogP contribution >= 0.6 is 0 Å². The van der Waals surface area contributed by atoms with Crippen LogP contribution in [-0.4, -0.2) is 20.9 Å². The van der Waals surface area contributed by atoms with Crippen molar-refractivity contribution >= 4 is 12.0 Å². The lowest BCUT2D eigenvalue weighted by molar-refractivity contribution is -0.131. The van der Waals surface area contributed by atoms with E-state index in [4.69, 9.17) is 5.11 Å². The van der Waals surface area contributed by atoms with Crippen LogP contribution in [0.25, 0.3) is 11.8 Å². The topological polar surface area (TPSA) is 78.9 Å². The normalized spacial score (nSPS) is 14.2. The predicted molar refractivity (Wildman–Crippen MR) is 76.9 cm³/mol. The Labute approximate surface area is 121 Å². The molecule has 0 atom stereocenters. The van der Waals surface area contributed by atoms with Crippen molar-refractivity contribution in [2.45, 2.75) is 18.8 Å². The summed E-state index contributed by atoms with van der Waals surface area (Å²) in [5, 5.41) is 22.4. The molecule has 0 unspecified atom stereocenters. The monoisotopic (exact) mass is 279 g/mol. The van der Waals surface area contributed by atoms with E-state index in [1.54, 1.807) is 22.9 Å². The van der Waals surface area contributed by atoms with Crippen LogP contribution in [0.1, 0.15) is 35.6 Å². The first-order valence-corrected chi connectivity index (χ1v) is 6.68. The Bertz CT molecular complexity index is 764. The van der Waals surface area contributed by atoms with Crippen molar-refractivity contribution in [1.29, 1.82) is 5.26 Å². The molecule has 1 saturated carbocycles.